The molecular formula is C28H34ClN5O3. The molecule has 0 atom stereocenters. The lowest BCUT2D eigenvalue weighted by molar-refractivity contribution is -0.120. The molecule has 1 saturated carbocycles. The third kappa shape index (κ3) is 5.59. The Bertz CT molecular complexity index is 1340. The number of benzene rings is 1. The van der Waals surface area contributed by atoms with Gasteiger partial charge in [0.25, 0.3) is 5.56 Å². The van der Waals surface area contributed by atoms with E-state index in [0.717, 1.165) is 68.2 Å². The molecule has 9 heteroatoms. The van der Waals surface area contributed by atoms with Crippen molar-refractivity contribution in [1.29, 1.82) is 0 Å². The summed E-state index contributed by atoms with van der Waals surface area (Å²) >= 11 is 6.46. The molecule has 3 aromatic rings. The van der Waals surface area contributed by atoms with Gasteiger partial charge in [0.2, 0.25) is 5.95 Å². The van der Waals surface area contributed by atoms with Gasteiger partial charge in [0.1, 0.15) is 11.6 Å². The summed E-state index contributed by atoms with van der Waals surface area (Å²) in [5.74, 6) is 2.10. The van der Waals surface area contributed by atoms with Gasteiger partial charge in [-0.3, -0.25) is 9.59 Å². The third-order valence-corrected chi connectivity index (χ3v) is 7.81. The molecule has 2 fully saturated rings. The SMILES string of the molecule is CCC(=O)COc1cc2cc(Nc3nc(N4CCC(C)CC4)ncc3Cl)ccc2n(C2CCCC2)c1=O. The number of hydrogen-bond donors (Lipinski definition) is 1. The second-order valence-corrected chi connectivity index (χ2v) is 10.6. The van der Waals surface area contributed by atoms with E-state index in [0.29, 0.717) is 29.1 Å². The summed E-state index contributed by atoms with van der Waals surface area (Å²) < 4.78 is 7.57. The Morgan fingerprint density at radius 2 is 1.92 bits per heavy atom. The molecule has 0 amide bonds. The molecular weight excluding hydrogens is 490 g/mol. The van der Waals surface area contributed by atoms with Crippen molar-refractivity contribution >= 4 is 45.7 Å². The fourth-order valence-electron chi connectivity index (χ4n) is 5.23. The normalized spacial score (nSPS) is 16.9. The highest BCUT2D eigenvalue weighted by atomic mass is 35.5. The molecule has 1 saturated heterocycles. The molecule has 0 spiro atoms. The molecule has 2 aliphatic rings. The molecule has 1 aliphatic heterocycles. The van der Waals surface area contributed by atoms with Gasteiger partial charge < -0.3 is 19.5 Å². The van der Waals surface area contributed by atoms with Gasteiger partial charge in [-0.05, 0) is 55.9 Å². The van der Waals surface area contributed by atoms with Crippen molar-refractivity contribution in [2.75, 3.05) is 29.9 Å². The second kappa shape index (κ2) is 11.1. The zero-order valence-electron chi connectivity index (χ0n) is 21.5. The molecule has 196 valence electrons. The number of carbonyl (C=O) groups excluding carboxylic acids is 1. The van der Waals surface area contributed by atoms with Crippen LogP contribution in [0.2, 0.25) is 5.02 Å². The third-order valence-electron chi connectivity index (χ3n) is 7.54. The van der Waals surface area contributed by atoms with Crippen molar-refractivity contribution in [2.45, 2.75) is 64.8 Å². The molecule has 1 N–H and O–H groups in total. The van der Waals surface area contributed by atoms with Crippen LogP contribution in [0.3, 0.4) is 0 Å². The van der Waals surface area contributed by atoms with Crippen molar-refractivity contribution in [3.63, 3.8) is 0 Å². The number of nitrogens with zero attached hydrogens (tertiary/aromatic N) is 4. The maximum absolute atomic E-state index is 13.4. The van der Waals surface area contributed by atoms with Crippen molar-refractivity contribution in [3.05, 3.63) is 45.8 Å². The number of anilines is 3. The highest BCUT2D eigenvalue weighted by Gasteiger charge is 2.23. The van der Waals surface area contributed by atoms with Crippen LogP contribution in [-0.4, -0.2) is 40.0 Å². The maximum atomic E-state index is 13.4. The second-order valence-electron chi connectivity index (χ2n) is 10.2. The van der Waals surface area contributed by atoms with E-state index in [-0.39, 0.29) is 29.7 Å². The van der Waals surface area contributed by atoms with Gasteiger partial charge in [-0.1, -0.05) is 38.3 Å². The van der Waals surface area contributed by atoms with Crippen LogP contribution in [0.5, 0.6) is 5.75 Å². The van der Waals surface area contributed by atoms with E-state index in [1.54, 1.807) is 19.2 Å². The number of ketones is 1. The van der Waals surface area contributed by atoms with Gasteiger partial charge in [0, 0.05) is 36.6 Å². The molecule has 3 heterocycles. The standard InChI is InChI=1S/C28H34ClN5O3/c1-3-22(35)17-37-25-15-19-14-20(8-9-24(19)34(27(25)36)21-6-4-5-7-21)31-26-23(29)16-30-28(32-26)33-12-10-18(2)11-13-33/h8-9,14-16,18,21H,3-7,10-13,17H2,1-2H3,(H,30,31,32). The maximum Gasteiger partial charge on any atom is 0.293 e. The lowest BCUT2D eigenvalue weighted by atomic mass is 10.00. The molecule has 37 heavy (non-hydrogen) atoms. The number of piperidine rings is 1. The van der Waals surface area contributed by atoms with Gasteiger partial charge in [-0.25, -0.2) is 4.98 Å². The van der Waals surface area contributed by atoms with E-state index in [9.17, 15) is 9.59 Å². The Labute approximate surface area is 222 Å². The van der Waals surface area contributed by atoms with Crippen molar-refractivity contribution in [1.82, 2.24) is 14.5 Å². The van der Waals surface area contributed by atoms with Crippen molar-refractivity contribution in [3.8, 4) is 5.75 Å². The van der Waals surface area contributed by atoms with E-state index in [1.165, 1.54) is 0 Å². The minimum Gasteiger partial charge on any atom is -0.480 e. The Balaban J connectivity index is 1.48. The highest BCUT2D eigenvalue weighted by molar-refractivity contribution is 6.32. The minimum atomic E-state index is -0.177. The van der Waals surface area contributed by atoms with Gasteiger partial charge >= 0.3 is 0 Å². The molecule has 2 aromatic heterocycles. The fourth-order valence-corrected chi connectivity index (χ4v) is 5.37. The number of aromatic nitrogens is 3. The summed E-state index contributed by atoms with van der Waals surface area (Å²) in [6.07, 6.45) is 8.37. The van der Waals surface area contributed by atoms with Gasteiger partial charge in [0.05, 0.1) is 11.7 Å². The van der Waals surface area contributed by atoms with Crippen LogP contribution >= 0.6 is 11.6 Å². The molecule has 1 aromatic carbocycles. The molecule has 5 rings (SSSR count). The monoisotopic (exact) mass is 523 g/mol. The predicted octanol–water partition coefficient (Wildman–Crippen LogP) is 5.90. The Morgan fingerprint density at radius 3 is 2.65 bits per heavy atom. The first-order valence-electron chi connectivity index (χ1n) is 13.3. The molecule has 8 nitrogen and oxygen atoms in total. The Hall–Kier alpha value is -3.13. The quantitative estimate of drug-likeness (QED) is 0.393. The van der Waals surface area contributed by atoms with E-state index in [1.807, 2.05) is 22.8 Å². The van der Waals surface area contributed by atoms with Crippen LogP contribution in [0.4, 0.5) is 17.5 Å². The highest BCUT2D eigenvalue weighted by Crippen LogP contribution is 2.34. The Kier molecular flexibility index (Phi) is 7.65. The van der Waals surface area contributed by atoms with E-state index in [4.69, 9.17) is 21.3 Å². The topological polar surface area (TPSA) is 89.3 Å². The summed E-state index contributed by atoms with van der Waals surface area (Å²) in [6.45, 7) is 5.82. The van der Waals surface area contributed by atoms with Crippen LogP contribution in [0.15, 0.2) is 35.3 Å². The van der Waals surface area contributed by atoms with E-state index < -0.39 is 0 Å². The fraction of sp³-hybridized carbons (Fsp3) is 0.500. The number of nitrogens with one attached hydrogen (secondary N) is 1. The number of carbonyl (C=O) groups is 1. The number of pyridine rings is 1. The lowest BCUT2D eigenvalue weighted by Gasteiger charge is -2.30. The Morgan fingerprint density at radius 1 is 1.16 bits per heavy atom. The largest absolute Gasteiger partial charge is 0.480 e. The van der Waals surface area contributed by atoms with Crippen LogP contribution in [0.25, 0.3) is 10.9 Å². The van der Waals surface area contributed by atoms with Crippen LogP contribution < -0.4 is 20.5 Å². The van der Waals surface area contributed by atoms with E-state index >= 15 is 0 Å². The number of halogens is 1. The van der Waals surface area contributed by atoms with Gasteiger partial charge in [-0.15, -0.1) is 0 Å². The van der Waals surface area contributed by atoms with E-state index in [2.05, 4.69) is 22.1 Å². The first-order chi connectivity index (χ1) is 17.9. The summed E-state index contributed by atoms with van der Waals surface area (Å²) in [7, 11) is 0. The number of ether oxygens (including phenoxy) is 1. The van der Waals surface area contributed by atoms with Crippen molar-refractivity contribution in [2.24, 2.45) is 5.92 Å². The van der Waals surface area contributed by atoms with Crippen LogP contribution in [0, 0.1) is 5.92 Å². The molecule has 0 radical (unpaired) electrons. The number of rotatable bonds is 8. The lowest BCUT2D eigenvalue weighted by Crippen LogP contribution is -2.34. The summed E-state index contributed by atoms with van der Waals surface area (Å²) in [6, 6.07) is 7.73. The predicted molar refractivity (Wildman–Crippen MR) is 147 cm³/mol. The smallest absolute Gasteiger partial charge is 0.293 e. The number of Topliss-reactive ketones (excluding diaryl/α,β-unsaturated/α-hetero) is 1. The molecule has 1 aliphatic carbocycles. The van der Waals surface area contributed by atoms with Gasteiger partial charge in [0.15, 0.2) is 17.4 Å². The molecule has 0 unspecified atom stereocenters. The average Bonchev–Trinajstić information content (AvgIpc) is 3.43. The van der Waals surface area contributed by atoms with Gasteiger partial charge in [-0.2, -0.15) is 4.98 Å². The summed E-state index contributed by atoms with van der Waals surface area (Å²) in [5, 5.41) is 4.63. The summed E-state index contributed by atoms with van der Waals surface area (Å²) in [5.41, 5.74) is 1.47. The zero-order chi connectivity index (χ0) is 25.9. The van der Waals surface area contributed by atoms with Crippen LogP contribution in [-0.2, 0) is 4.79 Å². The van der Waals surface area contributed by atoms with Crippen molar-refractivity contribution < 1.29 is 9.53 Å². The first kappa shape index (κ1) is 25.5. The number of hydrogen-bond acceptors (Lipinski definition) is 7. The number of fused-ring (bicyclic) bond motifs is 1. The zero-order valence-corrected chi connectivity index (χ0v) is 22.3. The minimum absolute atomic E-state index is 0.0419. The first-order valence-corrected chi connectivity index (χ1v) is 13.7. The molecule has 0 bridgehead atoms. The van der Waals surface area contributed by atoms with Crippen LogP contribution in [0.1, 0.15) is 64.8 Å². The average molecular weight is 524 g/mol. The summed E-state index contributed by atoms with van der Waals surface area (Å²) in [4.78, 5) is 36.6.